The Morgan fingerprint density at radius 3 is 2.78 bits per heavy atom. The third kappa shape index (κ3) is 5.37. The first-order valence-electron chi connectivity index (χ1n) is 9.27. The molecule has 2 heterocycles. The zero-order valence-corrected chi connectivity index (χ0v) is 17.5. The number of nitrogens with zero attached hydrogens (tertiary/aromatic N) is 2. The Labute approximate surface area is 185 Å². The lowest BCUT2D eigenvalue weighted by molar-refractivity contribution is -0.146. The largest absolute Gasteiger partial charge is 0.483 e. The molecule has 0 aliphatic carbocycles. The van der Waals surface area contributed by atoms with Crippen molar-refractivity contribution in [2.45, 2.75) is 24.9 Å². The molecular weight excluding hydrogens is 452 g/mol. The van der Waals surface area contributed by atoms with Crippen molar-refractivity contribution < 1.29 is 31.8 Å². The van der Waals surface area contributed by atoms with Gasteiger partial charge >= 0.3 is 0 Å². The number of aromatic nitrogens is 2. The predicted molar refractivity (Wildman–Crippen MR) is 111 cm³/mol. The summed E-state index contributed by atoms with van der Waals surface area (Å²) in [6, 6.07) is 2.69. The number of hydrogen-bond acceptors (Lipinski definition) is 7. The number of anilines is 1. The molecule has 1 aliphatic rings. The van der Waals surface area contributed by atoms with Gasteiger partial charge in [0, 0.05) is 18.1 Å². The lowest BCUT2D eigenvalue weighted by atomic mass is 10.00. The molecule has 3 N–H and O–H groups in total. The minimum Gasteiger partial charge on any atom is -0.483 e. The number of methoxy groups -OCH3 is 1. The highest BCUT2D eigenvalue weighted by molar-refractivity contribution is 7.82. The average Bonchev–Trinajstić information content (AvgIpc) is 2.75. The normalized spacial score (nSPS) is 18.2. The molecule has 1 fully saturated rings. The zero-order chi connectivity index (χ0) is 23.5. The highest BCUT2D eigenvalue weighted by Gasteiger charge is 2.38. The van der Waals surface area contributed by atoms with Crippen LogP contribution in [0.5, 0.6) is 0 Å². The number of nitrogens with one attached hydrogen (secondary N) is 1. The quantitative estimate of drug-likeness (QED) is 0.288. The summed E-state index contributed by atoms with van der Waals surface area (Å²) in [6.45, 7) is -0.857. The first kappa shape index (κ1) is 23.5. The second kappa shape index (κ2) is 9.57. The smallest absolute Gasteiger partial charge is 0.271 e. The van der Waals surface area contributed by atoms with Crippen LogP contribution >= 0.6 is 12.2 Å². The van der Waals surface area contributed by atoms with Crippen molar-refractivity contribution in [2.75, 3.05) is 19.0 Å². The first-order chi connectivity index (χ1) is 15.1. The predicted octanol–water partition coefficient (Wildman–Crippen LogP) is 3.66. The molecule has 1 aromatic carbocycles. The fourth-order valence-electron chi connectivity index (χ4n) is 3.01. The molecule has 1 saturated heterocycles. The fraction of sp³-hybridized carbons (Fsp3) is 0.300. The van der Waals surface area contributed by atoms with Crippen molar-refractivity contribution in [2.24, 2.45) is 5.73 Å². The molecule has 32 heavy (non-hydrogen) atoms. The summed E-state index contributed by atoms with van der Waals surface area (Å²) in [5.41, 5.74) is 4.92. The summed E-state index contributed by atoms with van der Waals surface area (Å²) in [7, 11) is 1.27. The summed E-state index contributed by atoms with van der Waals surface area (Å²) >= 11 is 5.00. The number of rotatable bonds is 6. The Bertz CT molecular complexity index is 1070. The van der Waals surface area contributed by atoms with Crippen molar-refractivity contribution in [1.82, 2.24) is 9.97 Å². The highest BCUT2D eigenvalue weighted by atomic mass is 32.1. The number of halogens is 4. The average molecular weight is 470 g/mol. The fourth-order valence-corrected chi connectivity index (χ4v) is 3.18. The summed E-state index contributed by atoms with van der Waals surface area (Å²) in [6.07, 6.45) is 0.565. The Hall–Kier alpha value is -3.12. The van der Waals surface area contributed by atoms with E-state index in [0.29, 0.717) is 0 Å². The van der Waals surface area contributed by atoms with E-state index in [4.69, 9.17) is 27.4 Å². The maximum absolute atomic E-state index is 14.5. The summed E-state index contributed by atoms with van der Waals surface area (Å²) in [4.78, 5) is 20.4. The Morgan fingerprint density at radius 2 is 2.12 bits per heavy atom. The molecule has 7 nitrogen and oxygen atoms in total. The van der Waals surface area contributed by atoms with Crippen molar-refractivity contribution in [3.63, 3.8) is 0 Å². The number of thiocarbonyl (C=S) groups is 1. The van der Waals surface area contributed by atoms with Gasteiger partial charge in [-0.1, -0.05) is 12.2 Å². The van der Waals surface area contributed by atoms with Gasteiger partial charge in [0.2, 0.25) is 0 Å². The van der Waals surface area contributed by atoms with E-state index in [-0.39, 0.29) is 39.8 Å². The van der Waals surface area contributed by atoms with E-state index >= 15 is 0 Å². The lowest BCUT2D eigenvalue weighted by Gasteiger charge is -2.29. The molecule has 0 radical (unpaired) electrons. The van der Waals surface area contributed by atoms with Crippen molar-refractivity contribution >= 4 is 28.7 Å². The summed E-state index contributed by atoms with van der Waals surface area (Å²) < 4.78 is 65.4. The first-order valence-corrected chi connectivity index (χ1v) is 9.68. The van der Waals surface area contributed by atoms with E-state index in [1.54, 1.807) is 0 Å². The molecule has 3 rings (SSSR count). The van der Waals surface area contributed by atoms with E-state index in [9.17, 15) is 22.4 Å². The van der Waals surface area contributed by atoms with Gasteiger partial charge in [0.05, 0.1) is 18.5 Å². The van der Waals surface area contributed by atoms with Crippen molar-refractivity contribution in [3.05, 3.63) is 53.8 Å². The topological polar surface area (TPSA) is 99.4 Å². The number of amides is 1. The number of carbonyl (C=O) groups excluding carboxylic acids is 1. The number of nitrogens with two attached hydrogens (primary N) is 1. The SMILES string of the molecule is COC(N)=CC(=S)C(=O)Nc1c(-c2cc(F)ccc2F)ncnc1C1CCC(F)(F)CO1. The number of benzene rings is 1. The van der Waals surface area contributed by atoms with Gasteiger partial charge in [0.25, 0.3) is 11.8 Å². The van der Waals surface area contributed by atoms with Gasteiger partial charge in [0.1, 0.15) is 41.2 Å². The van der Waals surface area contributed by atoms with Crippen LogP contribution in [0, 0.1) is 11.6 Å². The molecule has 1 unspecified atom stereocenters. The number of hydrogen-bond donors (Lipinski definition) is 2. The van der Waals surface area contributed by atoms with Gasteiger partial charge in [-0.2, -0.15) is 0 Å². The molecule has 1 aromatic heterocycles. The standard InChI is InChI=1S/C20H18F4N4O3S/c1-30-15(25)7-14(32)19(29)28-18-16(11-6-10(21)2-3-12(11)22)26-9-27-17(18)13-4-5-20(23,24)8-31-13/h2-3,6-7,9,13H,4-5,8,25H2,1H3,(H,28,29). The molecular formula is C20H18F4N4O3S. The Morgan fingerprint density at radius 1 is 1.38 bits per heavy atom. The van der Waals surface area contributed by atoms with Crippen molar-refractivity contribution in [1.29, 1.82) is 0 Å². The van der Waals surface area contributed by atoms with E-state index in [1.807, 2.05) is 0 Å². The van der Waals surface area contributed by atoms with Gasteiger partial charge in [-0.25, -0.2) is 27.5 Å². The number of alkyl halides is 2. The minimum atomic E-state index is -3.01. The second-order valence-electron chi connectivity index (χ2n) is 6.87. The van der Waals surface area contributed by atoms with Crippen LogP contribution in [0.2, 0.25) is 0 Å². The second-order valence-corrected chi connectivity index (χ2v) is 7.31. The molecule has 0 spiro atoms. The van der Waals surface area contributed by atoms with Crippen LogP contribution < -0.4 is 11.1 Å². The number of ether oxygens (including phenoxy) is 2. The van der Waals surface area contributed by atoms with Crippen LogP contribution in [0.1, 0.15) is 24.6 Å². The van der Waals surface area contributed by atoms with Gasteiger partial charge in [0.15, 0.2) is 5.88 Å². The third-order valence-electron chi connectivity index (χ3n) is 4.60. The monoisotopic (exact) mass is 470 g/mol. The Kier molecular flexibility index (Phi) is 7.04. The van der Waals surface area contributed by atoms with E-state index in [2.05, 4.69) is 15.3 Å². The minimum absolute atomic E-state index is 0.0222. The van der Waals surface area contributed by atoms with E-state index in [0.717, 1.165) is 30.6 Å². The maximum atomic E-state index is 14.5. The van der Waals surface area contributed by atoms with E-state index in [1.165, 1.54) is 7.11 Å². The van der Waals surface area contributed by atoms with Crippen LogP contribution in [-0.4, -0.2) is 40.4 Å². The highest BCUT2D eigenvalue weighted by Crippen LogP contribution is 2.40. The molecule has 170 valence electrons. The lowest BCUT2D eigenvalue weighted by Crippen LogP contribution is -2.32. The molecule has 1 aliphatic heterocycles. The Balaban J connectivity index is 2.07. The van der Waals surface area contributed by atoms with Crippen LogP contribution in [0.4, 0.5) is 23.2 Å². The maximum Gasteiger partial charge on any atom is 0.271 e. The van der Waals surface area contributed by atoms with Gasteiger partial charge in [-0.15, -0.1) is 0 Å². The number of carbonyl (C=O) groups is 1. The van der Waals surface area contributed by atoms with Crippen molar-refractivity contribution in [3.8, 4) is 11.3 Å². The van der Waals surface area contributed by atoms with Crippen LogP contribution in [0.15, 0.2) is 36.5 Å². The summed E-state index contributed by atoms with van der Waals surface area (Å²) in [5.74, 6) is -5.57. The van der Waals surface area contributed by atoms with E-state index < -0.39 is 42.6 Å². The van der Waals surface area contributed by atoms with Gasteiger partial charge in [-0.05, 0) is 24.6 Å². The summed E-state index contributed by atoms with van der Waals surface area (Å²) in [5, 5.41) is 2.45. The molecule has 1 amide bonds. The molecule has 0 bridgehead atoms. The van der Waals surface area contributed by atoms with Gasteiger partial charge in [-0.3, -0.25) is 4.79 Å². The zero-order valence-electron chi connectivity index (χ0n) is 16.7. The van der Waals surface area contributed by atoms with Gasteiger partial charge < -0.3 is 20.5 Å². The van der Waals surface area contributed by atoms with Crippen LogP contribution in [-0.2, 0) is 14.3 Å². The van der Waals surface area contributed by atoms with Crippen LogP contribution in [0.25, 0.3) is 11.3 Å². The molecule has 12 heteroatoms. The molecule has 1 atom stereocenters. The molecule has 0 saturated carbocycles. The van der Waals surface area contributed by atoms with Crippen LogP contribution in [0.3, 0.4) is 0 Å². The third-order valence-corrected chi connectivity index (χ3v) is 4.91. The molecule has 2 aromatic rings.